The molecule has 3 saturated heterocycles. The summed E-state index contributed by atoms with van der Waals surface area (Å²) >= 11 is 0. The number of fused-ring (bicyclic) bond motifs is 1. The van der Waals surface area contributed by atoms with Gasteiger partial charge < -0.3 is 24.4 Å². The van der Waals surface area contributed by atoms with Crippen LogP contribution in [0.2, 0.25) is 0 Å². The minimum atomic E-state index is -1.05. The van der Waals surface area contributed by atoms with Crippen LogP contribution in [0, 0.1) is 11.8 Å². The fraction of sp³-hybridized carbons (Fsp3) is 0.741. The van der Waals surface area contributed by atoms with Gasteiger partial charge in [0.25, 0.3) is 0 Å². The van der Waals surface area contributed by atoms with Gasteiger partial charge in [0, 0.05) is 19.1 Å². The summed E-state index contributed by atoms with van der Waals surface area (Å²) in [5.74, 6) is -2.31. The van der Waals surface area contributed by atoms with E-state index in [9.17, 15) is 19.5 Å². The molecule has 1 aliphatic carbocycles. The first kappa shape index (κ1) is 25.9. The molecule has 1 spiro atoms. The zero-order chi connectivity index (χ0) is 25.0. The van der Waals surface area contributed by atoms with Crippen molar-refractivity contribution in [1.82, 2.24) is 9.80 Å². The lowest BCUT2D eigenvalue weighted by atomic mass is 9.70. The molecule has 5 atom stereocenters. The van der Waals surface area contributed by atoms with Crippen LogP contribution in [0.5, 0.6) is 0 Å². The maximum Gasteiger partial charge on any atom is 0.312 e. The number of esters is 1. The van der Waals surface area contributed by atoms with Gasteiger partial charge in [0.05, 0.1) is 31.2 Å². The van der Waals surface area contributed by atoms with E-state index in [0.717, 1.165) is 44.9 Å². The molecule has 3 aliphatic heterocycles. The average Bonchev–Trinajstić information content (AvgIpc) is 3.50. The van der Waals surface area contributed by atoms with Crippen LogP contribution in [0.15, 0.2) is 25.3 Å². The lowest BCUT2D eigenvalue weighted by Crippen LogP contribution is -2.58. The number of carbonyl (C=O) groups is 3. The topological polar surface area (TPSA) is 96.4 Å². The van der Waals surface area contributed by atoms with Gasteiger partial charge >= 0.3 is 5.97 Å². The molecule has 8 nitrogen and oxygen atoms in total. The second-order valence-corrected chi connectivity index (χ2v) is 10.3. The number of amides is 2. The number of unbranched alkanes of at least 4 members (excludes halogenated alkanes) is 2. The first-order chi connectivity index (χ1) is 17.0. The first-order valence-electron chi connectivity index (χ1n) is 13.3. The Morgan fingerprint density at radius 3 is 2.63 bits per heavy atom. The van der Waals surface area contributed by atoms with E-state index >= 15 is 0 Å². The zero-order valence-electron chi connectivity index (χ0n) is 20.7. The first-order valence-corrected chi connectivity index (χ1v) is 13.3. The van der Waals surface area contributed by atoms with Crippen LogP contribution in [0.3, 0.4) is 0 Å². The van der Waals surface area contributed by atoms with E-state index in [-0.39, 0.29) is 31.0 Å². The van der Waals surface area contributed by atoms with Gasteiger partial charge in [-0.25, -0.2) is 0 Å². The standard InChI is InChI=1S/C27H40N2O6/c1-3-5-6-10-18-34-26(33)21-20-13-14-27(35-20)22(21)24(31)29(16-17-30)23(27)25(32)28(15-4-2)19-11-8-7-9-12-19/h3-4,19-23,30H,1-2,5-18H2/t20-,21+,22+,23?,27?/m1/s1. The Bertz CT molecular complexity index is 824. The number of likely N-dealkylation sites (tertiary alicyclic amines) is 1. The molecule has 8 heteroatoms. The summed E-state index contributed by atoms with van der Waals surface area (Å²) in [5.41, 5.74) is -1.05. The van der Waals surface area contributed by atoms with Crippen LogP contribution in [0.1, 0.15) is 64.2 Å². The highest BCUT2D eigenvalue weighted by molar-refractivity contribution is 5.98. The zero-order valence-corrected chi connectivity index (χ0v) is 20.7. The number of β-amino-alcohol motifs (C(OH)–C–C–N with tert-alkyl or cyclic N) is 1. The molecule has 35 heavy (non-hydrogen) atoms. The van der Waals surface area contributed by atoms with Crippen molar-refractivity contribution < 1.29 is 29.0 Å². The van der Waals surface area contributed by atoms with Gasteiger partial charge in [-0.2, -0.15) is 0 Å². The second kappa shape index (κ2) is 11.2. The highest BCUT2D eigenvalue weighted by Gasteiger charge is 2.75. The van der Waals surface area contributed by atoms with Gasteiger partial charge in [-0.15, -0.1) is 13.2 Å². The minimum Gasteiger partial charge on any atom is -0.465 e. The summed E-state index contributed by atoms with van der Waals surface area (Å²) in [6, 6.07) is -0.741. The Morgan fingerprint density at radius 2 is 1.94 bits per heavy atom. The number of ether oxygens (including phenoxy) is 2. The van der Waals surface area contributed by atoms with E-state index in [1.165, 1.54) is 11.3 Å². The Morgan fingerprint density at radius 1 is 1.17 bits per heavy atom. The van der Waals surface area contributed by atoms with Crippen molar-refractivity contribution >= 4 is 17.8 Å². The molecule has 4 rings (SSSR count). The predicted octanol–water partition coefficient (Wildman–Crippen LogP) is 2.60. The molecule has 0 radical (unpaired) electrons. The summed E-state index contributed by atoms with van der Waals surface area (Å²) in [5, 5.41) is 9.75. The molecule has 194 valence electrons. The summed E-state index contributed by atoms with van der Waals surface area (Å²) in [6.45, 7) is 8.04. The molecule has 3 heterocycles. The van der Waals surface area contributed by atoms with Crippen molar-refractivity contribution in [2.45, 2.75) is 88.0 Å². The average molecular weight is 489 g/mol. The van der Waals surface area contributed by atoms with Crippen molar-refractivity contribution in [3.63, 3.8) is 0 Å². The van der Waals surface area contributed by atoms with Crippen molar-refractivity contribution in [1.29, 1.82) is 0 Å². The van der Waals surface area contributed by atoms with Crippen LogP contribution in [0.25, 0.3) is 0 Å². The number of hydrogen-bond donors (Lipinski definition) is 1. The van der Waals surface area contributed by atoms with E-state index < -0.39 is 35.6 Å². The molecule has 2 bridgehead atoms. The van der Waals surface area contributed by atoms with Crippen LogP contribution < -0.4 is 0 Å². The van der Waals surface area contributed by atoms with E-state index in [2.05, 4.69) is 13.2 Å². The summed E-state index contributed by atoms with van der Waals surface area (Å²) < 4.78 is 12.0. The largest absolute Gasteiger partial charge is 0.465 e. The van der Waals surface area contributed by atoms with Gasteiger partial charge in [0.2, 0.25) is 11.8 Å². The number of rotatable bonds is 12. The van der Waals surface area contributed by atoms with E-state index in [4.69, 9.17) is 9.47 Å². The number of carbonyl (C=O) groups excluding carboxylic acids is 3. The summed E-state index contributed by atoms with van der Waals surface area (Å²) in [7, 11) is 0. The lowest BCUT2D eigenvalue weighted by Gasteiger charge is -2.40. The van der Waals surface area contributed by atoms with Crippen molar-refractivity contribution in [3.05, 3.63) is 25.3 Å². The highest BCUT2D eigenvalue weighted by atomic mass is 16.6. The van der Waals surface area contributed by atoms with Gasteiger partial charge in [-0.05, 0) is 44.9 Å². The SMILES string of the molecule is C=CCCCCOC(=O)[C@@H]1[C@H]2C(=O)N(CCO)C(C(=O)N(CC=C)C3CCCCC3)C23CC[C@H]1O3. The third kappa shape index (κ3) is 4.67. The minimum absolute atomic E-state index is 0.0391. The number of nitrogens with zero attached hydrogens (tertiary/aromatic N) is 2. The molecule has 4 fully saturated rings. The summed E-state index contributed by atoms with van der Waals surface area (Å²) in [6.07, 6.45) is 12.0. The predicted molar refractivity (Wildman–Crippen MR) is 130 cm³/mol. The highest BCUT2D eigenvalue weighted by Crippen LogP contribution is 2.58. The fourth-order valence-electron chi connectivity index (χ4n) is 6.82. The number of aliphatic hydroxyl groups is 1. The Hall–Kier alpha value is -2.19. The van der Waals surface area contributed by atoms with Crippen LogP contribution >= 0.6 is 0 Å². The molecule has 4 aliphatic rings. The fourth-order valence-corrected chi connectivity index (χ4v) is 6.82. The Kier molecular flexibility index (Phi) is 8.32. The molecule has 1 N–H and O–H groups in total. The molecule has 2 unspecified atom stereocenters. The van der Waals surface area contributed by atoms with E-state index in [1.54, 1.807) is 6.08 Å². The molecule has 1 saturated carbocycles. The summed E-state index contributed by atoms with van der Waals surface area (Å²) in [4.78, 5) is 44.3. The lowest BCUT2D eigenvalue weighted by molar-refractivity contribution is -0.155. The maximum atomic E-state index is 14.1. The second-order valence-electron chi connectivity index (χ2n) is 10.3. The Labute approximate surface area is 208 Å². The maximum absolute atomic E-state index is 14.1. The smallest absolute Gasteiger partial charge is 0.312 e. The molecule has 0 aromatic heterocycles. The number of allylic oxidation sites excluding steroid dienone is 1. The van der Waals surface area contributed by atoms with Crippen LogP contribution in [0.4, 0.5) is 0 Å². The molecular weight excluding hydrogens is 448 g/mol. The number of aliphatic hydroxyl groups excluding tert-OH is 1. The molecular formula is C27H40N2O6. The van der Waals surface area contributed by atoms with Gasteiger partial charge in [0.1, 0.15) is 11.6 Å². The van der Waals surface area contributed by atoms with Crippen molar-refractivity contribution in [2.24, 2.45) is 11.8 Å². The van der Waals surface area contributed by atoms with Gasteiger partial charge in [-0.3, -0.25) is 14.4 Å². The van der Waals surface area contributed by atoms with Crippen molar-refractivity contribution in [2.75, 3.05) is 26.3 Å². The van der Waals surface area contributed by atoms with E-state index in [0.29, 0.717) is 26.0 Å². The normalized spacial score (nSPS) is 31.9. The third-order valence-corrected chi connectivity index (χ3v) is 8.32. The Balaban J connectivity index is 1.58. The van der Waals surface area contributed by atoms with Crippen LogP contribution in [-0.2, 0) is 23.9 Å². The molecule has 2 amide bonds. The van der Waals surface area contributed by atoms with Crippen LogP contribution in [-0.4, -0.2) is 82.8 Å². The van der Waals surface area contributed by atoms with Gasteiger partial charge in [0.15, 0.2) is 0 Å². The van der Waals surface area contributed by atoms with E-state index in [1.807, 2.05) is 11.0 Å². The number of hydrogen-bond acceptors (Lipinski definition) is 6. The monoisotopic (exact) mass is 488 g/mol. The molecule has 0 aromatic rings. The molecule has 0 aromatic carbocycles. The van der Waals surface area contributed by atoms with Gasteiger partial charge in [-0.1, -0.05) is 31.4 Å². The third-order valence-electron chi connectivity index (χ3n) is 8.32. The van der Waals surface area contributed by atoms with Crippen molar-refractivity contribution in [3.8, 4) is 0 Å². The quantitative estimate of drug-likeness (QED) is 0.258.